The molecule has 0 atom stereocenters. The predicted octanol–water partition coefficient (Wildman–Crippen LogP) is 3.98. The van der Waals surface area contributed by atoms with E-state index >= 15 is 0 Å². The van der Waals surface area contributed by atoms with Gasteiger partial charge in [0.1, 0.15) is 0 Å². The average molecular weight is 319 g/mol. The first kappa shape index (κ1) is 15.1. The van der Waals surface area contributed by atoms with Crippen LogP contribution in [0.5, 0.6) is 0 Å². The van der Waals surface area contributed by atoms with E-state index in [0.29, 0.717) is 16.9 Å². The number of alkyl halides is 3. The van der Waals surface area contributed by atoms with E-state index in [2.05, 4.69) is 10.3 Å². The number of rotatable bonds is 2. The maximum absolute atomic E-state index is 13.2. The zero-order valence-electron chi connectivity index (χ0n) is 12.1. The standard InChI is InChI=1S/C16H12F3N3O/c1-10(23)21-14-8-11(9-22-7-6-20-15(14)22)12-4-2-3-5-13(12)16(17,18)19/h2-9H,1H3,(H,21,23). The van der Waals surface area contributed by atoms with Gasteiger partial charge in [0.05, 0.1) is 11.3 Å². The van der Waals surface area contributed by atoms with Crippen LogP contribution in [0.3, 0.4) is 0 Å². The highest BCUT2D eigenvalue weighted by Crippen LogP contribution is 2.37. The maximum Gasteiger partial charge on any atom is 0.417 e. The summed E-state index contributed by atoms with van der Waals surface area (Å²) in [4.78, 5) is 15.4. The van der Waals surface area contributed by atoms with Crippen LogP contribution >= 0.6 is 0 Å². The summed E-state index contributed by atoms with van der Waals surface area (Å²) < 4.78 is 41.2. The minimum absolute atomic E-state index is 0.0437. The van der Waals surface area contributed by atoms with Crippen LogP contribution in [0.2, 0.25) is 0 Å². The second kappa shape index (κ2) is 5.42. The van der Waals surface area contributed by atoms with Crippen LogP contribution in [-0.2, 0) is 11.0 Å². The lowest BCUT2D eigenvalue weighted by Crippen LogP contribution is -2.09. The lowest BCUT2D eigenvalue weighted by Gasteiger charge is -2.14. The Kier molecular flexibility index (Phi) is 3.55. The minimum Gasteiger partial charge on any atom is -0.323 e. The Bertz CT molecular complexity index is 884. The summed E-state index contributed by atoms with van der Waals surface area (Å²) in [6, 6.07) is 6.82. The Morgan fingerprint density at radius 2 is 2.00 bits per heavy atom. The number of carbonyl (C=O) groups excluding carboxylic acids is 1. The zero-order chi connectivity index (χ0) is 16.6. The van der Waals surface area contributed by atoms with Crippen molar-refractivity contribution in [2.75, 3.05) is 5.32 Å². The third kappa shape index (κ3) is 2.90. The quantitative estimate of drug-likeness (QED) is 0.776. The lowest BCUT2D eigenvalue weighted by molar-refractivity contribution is -0.137. The molecule has 0 radical (unpaired) electrons. The molecule has 1 amide bonds. The number of nitrogens with zero attached hydrogens (tertiary/aromatic N) is 2. The molecule has 0 spiro atoms. The molecule has 0 unspecified atom stereocenters. The summed E-state index contributed by atoms with van der Waals surface area (Å²) in [6.07, 6.45) is 0.216. The smallest absolute Gasteiger partial charge is 0.323 e. The Hall–Kier alpha value is -2.83. The summed E-state index contributed by atoms with van der Waals surface area (Å²) in [6.45, 7) is 1.33. The summed E-state index contributed by atoms with van der Waals surface area (Å²) >= 11 is 0. The van der Waals surface area contributed by atoms with Crippen molar-refractivity contribution in [3.05, 3.63) is 54.5 Å². The van der Waals surface area contributed by atoms with Crippen LogP contribution in [0.4, 0.5) is 18.9 Å². The van der Waals surface area contributed by atoms with Gasteiger partial charge in [-0.3, -0.25) is 4.79 Å². The molecule has 0 saturated carbocycles. The van der Waals surface area contributed by atoms with Crippen LogP contribution in [-0.4, -0.2) is 15.3 Å². The lowest BCUT2D eigenvalue weighted by atomic mass is 10.0. The molecular formula is C16H12F3N3O. The number of carbonyl (C=O) groups is 1. The highest BCUT2D eigenvalue weighted by molar-refractivity contribution is 5.94. The number of imidazole rings is 1. The number of hydrogen-bond acceptors (Lipinski definition) is 2. The molecule has 0 bridgehead atoms. The van der Waals surface area contributed by atoms with Crippen molar-refractivity contribution in [3.8, 4) is 11.1 Å². The van der Waals surface area contributed by atoms with Crippen molar-refractivity contribution in [1.82, 2.24) is 9.38 Å². The van der Waals surface area contributed by atoms with Gasteiger partial charge in [-0.15, -0.1) is 0 Å². The Morgan fingerprint density at radius 3 is 2.70 bits per heavy atom. The van der Waals surface area contributed by atoms with Gasteiger partial charge in [-0.1, -0.05) is 18.2 Å². The third-order valence-corrected chi connectivity index (χ3v) is 3.34. The SMILES string of the molecule is CC(=O)Nc1cc(-c2ccccc2C(F)(F)F)cn2ccnc12. The number of fused-ring (bicyclic) bond motifs is 1. The number of aromatic nitrogens is 2. The van der Waals surface area contributed by atoms with Gasteiger partial charge >= 0.3 is 6.18 Å². The van der Waals surface area contributed by atoms with Crippen LogP contribution in [0.15, 0.2) is 48.9 Å². The molecule has 0 saturated heterocycles. The van der Waals surface area contributed by atoms with Gasteiger partial charge in [-0.2, -0.15) is 13.2 Å². The van der Waals surface area contributed by atoms with Crippen molar-refractivity contribution in [2.45, 2.75) is 13.1 Å². The Balaban J connectivity index is 2.23. The predicted molar refractivity (Wildman–Crippen MR) is 79.9 cm³/mol. The fraction of sp³-hybridized carbons (Fsp3) is 0.125. The van der Waals surface area contributed by atoms with Gasteiger partial charge in [-0.05, 0) is 17.7 Å². The van der Waals surface area contributed by atoms with E-state index in [4.69, 9.17) is 0 Å². The highest BCUT2D eigenvalue weighted by Gasteiger charge is 2.33. The molecular weight excluding hydrogens is 307 g/mol. The molecule has 0 aliphatic rings. The first-order valence-corrected chi connectivity index (χ1v) is 6.77. The first-order chi connectivity index (χ1) is 10.9. The van der Waals surface area contributed by atoms with E-state index in [1.165, 1.54) is 31.3 Å². The molecule has 2 aromatic heterocycles. The fourth-order valence-electron chi connectivity index (χ4n) is 2.44. The molecule has 7 heteroatoms. The molecule has 1 N–H and O–H groups in total. The fourth-order valence-corrected chi connectivity index (χ4v) is 2.44. The maximum atomic E-state index is 13.2. The molecule has 3 aromatic rings. The highest BCUT2D eigenvalue weighted by atomic mass is 19.4. The molecule has 0 fully saturated rings. The van der Waals surface area contributed by atoms with E-state index in [0.717, 1.165) is 6.07 Å². The molecule has 0 aliphatic heterocycles. The van der Waals surface area contributed by atoms with Crippen molar-refractivity contribution >= 4 is 17.2 Å². The van der Waals surface area contributed by atoms with Crippen LogP contribution in [0, 0.1) is 0 Å². The molecule has 4 nitrogen and oxygen atoms in total. The van der Waals surface area contributed by atoms with E-state index in [1.54, 1.807) is 22.9 Å². The van der Waals surface area contributed by atoms with Gasteiger partial charge < -0.3 is 9.72 Å². The number of pyridine rings is 1. The van der Waals surface area contributed by atoms with Gasteiger partial charge in [0, 0.05) is 31.1 Å². The third-order valence-electron chi connectivity index (χ3n) is 3.34. The largest absolute Gasteiger partial charge is 0.417 e. The van der Waals surface area contributed by atoms with Crippen molar-refractivity contribution < 1.29 is 18.0 Å². The van der Waals surface area contributed by atoms with Crippen LogP contribution < -0.4 is 5.32 Å². The van der Waals surface area contributed by atoms with Gasteiger partial charge in [0.2, 0.25) is 5.91 Å². The Labute approximate surface area is 129 Å². The first-order valence-electron chi connectivity index (χ1n) is 6.77. The molecule has 118 valence electrons. The van der Waals surface area contributed by atoms with Crippen molar-refractivity contribution in [2.24, 2.45) is 0 Å². The number of hydrogen-bond donors (Lipinski definition) is 1. The average Bonchev–Trinajstić information content (AvgIpc) is 2.94. The molecule has 0 aliphatic carbocycles. The van der Waals surface area contributed by atoms with E-state index in [-0.39, 0.29) is 11.5 Å². The van der Waals surface area contributed by atoms with Crippen LogP contribution in [0.1, 0.15) is 12.5 Å². The van der Waals surface area contributed by atoms with Gasteiger partial charge in [0.15, 0.2) is 5.65 Å². The second-order valence-corrected chi connectivity index (χ2v) is 5.03. The molecule has 1 aromatic carbocycles. The summed E-state index contributed by atoms with van der Waals surface area (Å²) in [7, 11) is 0. The van der Waals surface area contributed by atoms with E-state index in [9.17, 15) is 18.0 Å². The molecule has 3 rings (SSSR count). The second-order valence-electron chi connectivity index (χ2n) is 5.03. The minimum atomic E-state index is -4.46. The number of amides is 1. The summed E-state index contributed by atoms with van der Waals surface area (Å²) in [5, 5.41) is 2.60. The number of nitrogens with one attached hydrogen (secondary N) is 1. The molecule has 2 heterocycles. The van der Waals surface area contributed by atoms with Crippen LogP contribution in [0.25, 0.3) is 16.8 Å². The number of halogens is 3. The van der Waals surface area contributed by atoms with Crippen molar-refractivity contribution in [1.29, 1.82) is 0 Å². The zero-order valence-corrected chi connectivity index (χ0v) is 12.1. The normalized spacial score (nSPS) is 11.7. The number of anilines is 1. The van der Waals surface area contributed by atoms with E-state index in [1.807, 2.05) is 0 Å². The monoisotopic (exact) mass is 319 g/mol. The summed E-state index contributed by atoms with van der Waals surface area (Å²) in [5.41, 5.74) is 0.480. The molecule has 23 heavy (non-hydrogen) atoms. The van der Waals surface area contributed by atoms with Crippen molar-refractivity contribution in [3.63, 3.8) is 0 Å². The van der Waals surface area contributed by atoms with Gasteiger partial charge in [-0.25, -0.2) is 4.98 Å². The Morgan fingerprint density at radius 1 is 1.26 bits per heavy atom. The van der Waals surface area contributed by atoms with Gasteiger partial charge in [0.25, 0.3) is 0 Å². The van der Waals surface area contributed by atoms with E-state index < -0.39 is 11.7 Å². The topological polar surface area (TPSA) is 46.4 Å². The summed E-state index contributed by atoms with van der Waals surface area (Å²) in [5.74, 6) is -0.323. The number of benzene rings is 1.